The van der Waals surface area contributed by atoms with Gasteiger partial charge in [0.2, 0.25) is 5.91 Å². The first kappa shape index (κ1) is 25.1. The van der Waals surface area contributed by atoms with Crippen LogP contribution in [0.25, 0.3) is 11.1 Å². The van der Waals surface area contributed by atoms with Gasteiger partial charge in [-0.05, 0) is 85.0 Å². The van der Waals surface area contributed by atoms with Crippen LogP contribution < -0.4 is 10.2 Å². The summed E-state index contributed by atoms with van der Waals surface area (Å²) >= 11 is 1.80. The number of benzene rings is 1. The smallest absolute Gasteiger partial charge is 0.224 e. The lowest BCUT2D eigenvalue weighted by Gasteiger charge is -2.38. The van der Waals surface area contributed by atoms with Crippen LogP contribution in [-0.2, 0) is 15.5 Å². The second-order valence-electron chi connectivity index (χ2n) is 9.11. The van der Waals surface area contributed by atoms with E-state index in [1.807, 2.05) is 37.5 Å². The van der Waals surface area contributed by atoms with Crippen molar-refractivity contribution in [2.75, 3.05) is 10.2 Å². The summed E-state index contributed by atoms with van der Waals surface area (Å²) in [6.45, 7) is 3.07. The number of carbonyl (C=O) groups excluding carboxylic acids is 1. The maximum Gasteiger partial charge on any atom is 0.224 e. The Balaban J connectivity index is 1.54. The Morgan fingerprint density at radius 1 is 1.23 bits per heavy atom. The van der Waals surface area contributed by atoms with E-state index in [-0.39, 0.29) is 18.0 Å². The molecule has 4 rings (SSSR count). The Hall–Kier alpha value is -3.00. The van der Waals surface area contributed by atoms with Crippen LogP contribution in [0.15, 0.2) is 48.9 Å². The minimum Gasteiger partial charge on any atom is -0.367 e. The number of nitrogens with zero attached hydrogens (tertiary/aromatic N) is 5. The van der Waals surface area contributed by atoms with E-state index in [1.54, 1.807) is 57.6 Å². The van der Waals surface area contributed by atoms with Crippen molar-refractivity contribution in [2.45, 2.75) is 55.3 Å². The molecule has 0 aliphatic heterocycles. The van der Waals surface area contributed by atoms with Crippen molar-refractivity contribution in [2.24, 2.45) is 7.05 Å². The van der Waals surface area contributed by atoms with E-state index in [0.717, 1.165) is 42.6 Å². The molecule has 3 aromatic rings. The fourth-order valence-corrected chi connectivity index (χ4v) is 5.14. The maximum atomic E-state index is 15.4. The van der Waals surface area contributed by atoms with Crippen molar-refractivity contribution >= 4 is 40.0 Å². The van der Waals surface area contributed by atoms with Crippen molar-refractivity contribution in [3.8, 4) is 17.2 Å². The molecule has 0 spiro atoms. The number of halogens is 2. The summed E-state index contributed by atoms with van der Waals surface area (Å²) in [6.07, 6.45) is 8.50. The molecule has 35 heavy (non-hydrogen) atoms. The topological polar surface area (TPSA) is 86.8 Å². The molecule has 2 aromatic heterocycles. The Bertz CT molecular complexity index is 1240. The van der Waals surface area contributed by atoms with Gasteiger partial charge < -0.3 is 10.2 Å². The van der Waals surface area contributed by atoms with Gasteiger partial charge in [-0.2, -0.15) is 10.4 Å². The number of amides is 1. The van der Waals surface area contributed by atoms with Gasteiger partial charge in [-0.3, -0.25) is 9.48 Å². The summed E-state index contributed by atoms with van der Waals surface area (Å²) in [5, 5.41) is 16.6. The number of nitriles is 1. The van der Waals surface area contributed by atoms with E-state index < -0.39 is 3.68 Å². The summed E-state index contributed by atoms with van der Waals surface area (Å²) in [7, 11) is 1.84. The Labute approximate surface area is 218 Å². The predicted molar refractivity (Wildman–Crippen MR) is 143 cm³/mol. The molecule has 1 aromatic carbocycles. The van der Waals surface area contributed by atoms with E-state index in [1.165, 1.54) is 6.92 Å². The molecule has 1 amide bonds. The lowest BCUT2D eigenvalue weighted by Crippen LogP contribution is -2.44. The normalized spacial score (nSPS) is 19.4. The minimum absolute atomic E-state index is 0.0128. The second-order valence-corrected chi connectivity index (χ2v) is 11.1. The van der Waals surface area contributed by atoms with Crippen molar-refractivity contribution in [1.82, 2.24) is 14.8 Å². The Morgan fingerprint density at radius 2 is 1.97 bits per heavy atom. The second kappa shape index (κ2) is 10.3. The van der Waals surface area contributed by atoms with Crippen LogP contribution in [0.5, 0.6) is 0 Å². The average Bonchev–Trinajstić information content (AvgIpc) is 3.26. The number of alkyl halides is 2. The highest BCUT2D eigenvalue weighted by molar-refractivity contribution is 14.1. The predicted octanol–water partition coefficient (Wildman–Crippen LogP) is 5.71. The number of rotatable bonds is 6. The number of carbonyl (C=O) groups is 1. The van der Waals surface area contributed by atoms with Gasteiger partial charge in [0.1, 0.15) is 11.9 Å². The van der Waals surface area contributed by atoms with E-state index >= 15 is 4.39 Å². The fourth-order valence-electron chi connectivity index (χ4n) is 4.70. The van der Waals surface area contributed by atoms with Crippen LogP contribution in [0.3, 0.4) is 0 Å². The molecule has 1 saturated carbocycles. The van der Waals surface area contributed by atoms with Gasteiger partial charge in [0.25, 0.3) is 0 Å². The first-order valence-electron chi connectivity index (χ1n) is 11.6. The molecule has 0 bridgehead atoms. The molecule has 1 unspecified atom stereocenters. The van der Waals surface area contributed by atoms with E-state index in [0.29, 0.717) is 16.8 Å². The van der Waals surface area contributed by atoms with Gasteiger partial charge in [-0.15, -0.1) is 0 Å². The van der Waals surface area contributed by atoms with Crippen molar-refractivity contribution in [3.63, 3.8) is 0 Å². The molecule has 0 radical (unpaired) electrons. The highest BCUT2D eigenvalue weighted by Crippen LogP contribution is 2.43. The SMILES string of the molecule is CC(=O)N(c1ccc(-c2cnn(C)c2)cc1C(C)(F)I)C1CCC(Nc2ccc(C#N)cn2)CC1. The number of hydrogen-bond donors (Lipinski definition) is 1. The molecule has 9 heteroatoms. The molecule has 7 nitrogen and oxygen atoms in total. The molecular weight excluding hydrogens is 558 g/mol. The zero-order chi connectivity index (χ0) is 25.2. The fraction of sp³-hybridized carbons (Fsp3) is 0.385. The summed E-state index contributed by atoms with van der Waals surface area (Å²) in [5.74, 6) is 0.647. The molecule has 2 heterocycles. The minimum atomic E-state index is -1.65. The first-order valence-corrected chi connectivity index (χ1v) is 12.7. The van der Waals surface area contributed by atoms with Gasteiger partial charge in [0, 0.05) is 49.6 Å². The number of anilines is 2. The van der Waals surface area contributed by atoms with Crippen LogP contribution in [0.1, 0.15) is 50.7 Å². The summed E-state index contributed by atoms with van der Waals surface area (Å²) < 4.78 is 15.5. The lowest BCUT2D eigenvalue weighted by molar-refractivity contribution is -0.117. The first-order chi connectivity index (χ1) is 16.7. The van der Waals surface area contributed by atoms with E-state index in [4.69, 9.17) is 5.26 Å². The van der Waals surface area contributed by atoms with Gasteiger partial charge >= 0.3 is 0 Å². The highest BCUT2D eigenvalue weighted by Gasteiger charge is 2.34. The zero-order valence-electron chi connectivity index (χ0n) is 20.0. The largest absolute Gasteiger partial charge is 0.367 e. The van der Waals surface area contributed by atoms with Gasteiger partial charge in [-0.1, -0.05) is 6.07 Å². The highest BCUT2D eigenvalue weighted by atomic mass is 127. The molecule has 1 N–H and O–H groups in total. The number of pyridine rings is 1. The molecule has 182 valence electrons. The third-order valence-electron chi connectivity index (χ3n) is 6.41. The molecule has 1 aliphatic rings. The van der Waals surface area contributed by atoms with Crippen LogP contribution >= 0.6 is 22.6 Å². The van der Waals surface area contributed by atoms with Crippen LogP contribution in [0, 0.1) is 11.3 Å². The molecule has 1 aliphatic carbocycles. The summed E-state index contributed by atoms with van der Waals surface area (Å²) in [6, 6.07) is 11.5. The zero-order valence-corrected chi connectivity index (χ0v) is 22.2. The lowest BCUT2D eigenvalue weighted by atomic mass is 9.89. The number of nitrogens with one attached hydrogen (secondary N) is 1. The number of aromatic nitrogens is 3. The third kappa shape index (κ3) is 5.81. The van der Waals surface area contributed by atoms with E-state index in [9.17, 15) is 4.79 Å². The number of aryl methyl sites for hydroxylation is 1. The van der Waals surface area contributed by atoms with Gasteiger partial charge in [-0.25, -0.2) is 9.37 Å². The van der Waals surface area contributed by atoms with Crippen LogP contribution in [-0.4, -0.2) is 32.8 Å². The molecule has 0 saturated heterocycles. The molecule has 1 fully saturated rings. The average molecular weight is 586 g/mol. The van der Waals surface area contributed by atoms with Crippen molar-refractivity contribution < 1.29 is 9.18 Å². The monoisotopic (exact) mass is 586 g/mol. The third-order valence-corrected chi connectivity index (χ3v) is 6.99. The van der Waals surface area contributed by atoms with Gasteiger partial charge in [0.15, 0.2) is 3.68 Å². The Morgan fingerprint density at radius 3 is 2.51 bits per heavy atom. The van der Waals surface area contributed by atoms with Crippen molar-refractivity contribution in [3.05, 3.63) is 60.0 Å². The number of hydrogen-bond acceptors (Lipinski definition) is 5. The van der Waals surface area contributed by atoms with Gasteiger partial charge in [0.05, 0.1) is 17.4 Å². The Kier molecular flexibility index (Phi) is 7.40. The van der Waals surface area contributed by atoms with Crippen LogP contribution in [0.4, 0.5) is 15.9 Å². The summed E-state index contributed by atoms with van der Waals surface area (Å²) in [4.78, 5) is 18.9. The standard InChI is InChI=1S/C26H28FIN6O/c1-17(35)34(22-8-6-21(7-9-22)32-25-11-4-18(13-29)14-30-25)24-10-5-19(12-23(24)26(2,27)28)20-15-31-33(3)16-20/h4-5,10-12,14-16,21-22H,6-9H2,1-3H3,(H,30,32). The maximum absolute atomic E-state index is 15.4. The molecular formula is C26H28FIN6O. The summed E-state index contributed by atoms with van der Waals surface area (Å²) in [5.41, 5.74) is 3.39. The quantitative estimate of drug-likeness (QED) is 0.296. The van der Waals surface area contributed by atoms with E-state index in [2.05, 4.69) is 21.5 Å². The molecule has 1 atom stereocenters. The van der Waals surface area contributed by atoms with Crippen LogP contribution in [0.2, 0.25) is 0 Å². The van der Waals surface area contributed by atoms with Crippen molar-refractivity contribution in [1.29, 1.82) is 5.26 Å².